The Morgan fingerprint density at radius 2 is 2.21 bits per heavy atom. The highest BCUT2D eigenvalue weighted by Crippen LogP contribution is 2.29. The lowest BCUT2D eigenvalue weighted by molar-refractivity contribution is 0.544. The molecule has 2 aromatic rings. The van der Waals surface area contributed by atoms with E-state index in [1.54, 1.807) is 6.07 Å². The van der Waals surface area contributed by atoms with E-state index in [4.69, 9.17) is 10.2 Å². The van der Waals surface area contributed by atoms with Crippen molar-refractivity contribution >= 4 is 26.9 Å². The first-order chi connectivity index (χ1) is 6.63. The van der Waals surface area contributed by atoms with Crippen molar-refractivity contribution in [2.75, 3.05) is 0 Å². The third-order valence-electron chi connectivity index (χ3n) is 2.26. The standard InChI is InChI=1S/C10H9BrFNO/c1-5-6-2-7(11)8(12)3-9(6)14-10(5)4-13/h2-3H,4,13H2,1H3. The number of fused-ring (bicyclic) bond motifs is 1. The van der Waals surface area contributed by atoms with Gasteiger partial charge in [0.05, 0.1) is 11.0 Å². The maximum absolute atomic E-state index is 13.2. The van der Waals surface area contributed by atoms with E-state index < -0.39 is 0 Å². The number of rotatable bonds is 1. The SMILES string of the molecule is Cc1c(CN)oc2cc(F)c(Br)cc12. The molecule has 0 saturated carbocycles. The van der Waals surface area contributed by atoms with E-state index in [0.29, 0.717) is 22.4 Å². The second-order valence-electron chi connectivity index (χ2n) is 3.12. The van der Waals surface area contributed by atoms with Crippen molar-refractivity contribution in [3.8, 4) is 0 Å². The average molecular weight is 258 g/mol. The number of halogens is 2. The van der Waals surface area contributed by atoms with E-state index in [1.807, 2.05) is 6.92 Å². The fourth-order valence-corrected chi connectivity index (χ4v) is 1.80. The average Bonchev–Trinajstić information content (AvgIpc) is 2.45. The van der Waals surface area contributed by atoms with Crippen LogP contribution in [0.2, 0.25) is 0 Å². The van der Waals surface area contributed by atoms with Crippen molar-refractivity contribution < 1.29 is 8.81 Å². The van der Waals surface area contributed by atoms with E-state index in [0.717, 1.165) is 10.9 Å². The van der Waals surface area contributed by atoms with Crippen LogP contribution in [0.15, 0.2) is 21.0 Å². The molecule has 1 aromatic heterocycles. The molecule has 0 saturated heterocycles. The van der Waals surface area contributed by atoms with Crippen LogP contribution in [0.5, 0.6) is 0 Å². The molecule has 2 nitrogen and oxygen atoms in total. The van der Waals surface area contributed by atoms with Crippen molar-refractivity contribution in [1.29, 1.82) is 0 Å². The molecule has 0 aliphatic heterocycles. The van der Waals surface area contributed by atoms with Crippen LogP contribution < -0.4 is 5.73 Å². The Balaban J connectivity index is 2.80. The maximum atomic E-state index is 13.2. The molecular weight excluding hydrogens is 249 g/mol. The maximum Gasteiger partial charge on any atom is 0.141 e. The predicted molar refractivity (Wildman–Crippen MR) is 56.5 cm³/mol. The minimum absolute atomic E-state index is 0.324. The summed E-state index contributed by atoms with van der Waals surface area (Å²) in [6.45, 7) is 2.25. The van der Waals surface area contributed by atoms with Crippen LogP contribution in [-0.4, -0.2) is 0 Å². The quantitative estimate of drug-likeness (QED) is 0.853. The second-order valence-corrected chi connectivity index (χ2v) is 3.97. The Morgan fingerprint density at radius 3 is 2.86 bits per heavy atom. The molecule has 0 aliphatic carbocycles. The van der Waals surface area contributed by atoms with Gasteiger partial charge in [-0.25, -0.2) is 4.39 Å². The van der Waals surface area contributed by atoms with Gasteiger partial charge in [-0.05, 0) is 34.5 Å². The first kappa shape index (κ1) is 9.68. The Labute approximate surface area is 89.0 Å². The molecular formula is C10H9BrFNO. The summed E-state index contributed by atoms with van der Waals surface area (Å²) in [4.78, 5) is 0. The normalized spacial score (nSPS) is 11.1. The Morgan fingerprint density at radius 1 is 1.50 bits per heavy atom. The largest absolute Gasteiger partial charge is 0.459 e. The van der Waals surface area contributed by atoms with Crippen LogP contribution in [0.1, 0.15) is 11.3 Å². The van der Waals surface area contributed by atoms with E-state index in [9.17, 15) is 4.39 Å². The summed E-state index contributed by atoms with van der Waals surface area (Å²) < 4.78 is 19.0. The minimum Gasteiger partial charge on any atom is -0.459 e. The Kier molecular flexibility index (Phi) is 2.33. The van der Waals surface area contributed by atoms with E-state index in [1.165, 1.54) is 6.07 Å². The summed E-state index contributed by atoms with van der Waals surface area (Å²) in [6.07, 6.45) is 0. The molecule has 0 amide bonds. The van der Waals surface area contributed by atoms with Gasteiger partial charge in [-0.1, -0.05) is 0 Å². The van der Waals surface area contributed by atoms with E-state index in [-0.39, 0.29) is 5.82 Å². The third kappa shape index (κ3) is 1.35. The van der Waals surface area contributed by atoms with Crippen molar-refractivity contribution in [1.82, 2.24) is 0 Å². The molecule has 4 heteroatoms. The predicted octanol–water partition coefficient (Wildman–Crippen LogP) is 3.10. The molecule has 2 N–H and O–H groups in total. The van der Waals surface area contributed by atoms with Crippen molar-refractivity contribution in [3.63, 3.8) is 0 Å². The molecule has 0 radical (unpaired) electrons. The molecule has 0 atom stereocenters. The lowest BCUT2D eigenvalue weighted by Crippen LogP contribution is -1.95. The van der Waals surface area contributed by atoms with Crippen LogP contribution in [0.25, 0.3) is 11.0 Å². The zero-order valence-corrected chi connectivity index (χ0v) is 9.19. The molecule has 0 bridgehead atoms. The van der Waals surface area contributed by atoms with Crippen LogP contribution >= 0.6 is 15.9 Å². The summed E-state index contributed by atoms with van der Waals surface area (Å²) in [5.74, 6) is 0.382. The molecule has 0 fully saturated rings. The molecule has 14 heavy (non-hydrogen) atoms. The lowest BCUT2D eigenvalue weighted by Gasteiger charge is -1.93. The van der Waals surface area contributed by atoms with Gasteiger partial charge in [0.15, 0.2) is 0 Å². The summed E-state index contributed by atoms with van der Waals surface area (Å²) in [7, 11) is 0. The minimum atomic E-state index is -0.324. The van der Waals surface area contributed by atoms with Crippen LogP contribution in [0.3, 0.4) is 0 Å². The molecule has 0 spiro atoms. The number of aryl methyl sites for hydroxylation is 1. The zero-order chi connectivity index (χ0) is 10.3. The van der Waals surface area contributed by atoms with Crippen molar-refractivity contribution in [3.05, 3.63) is 33.7 Å². The van der Waals surface area contributed by atoms with Crippen molar-refractivity contribution in [2.24, 2.45) is 5.73 Å². The topological polar surface area (TPSA) is 39.2 Å². The first-order valence-electron chi connectivity index (χ1n) is 4.20. The van der Waals surface area contributed by atoms with Gasteiger partial charge in [0.25, 0.3) is 0 Å². The summed E-state index contributed by atoms with van der Waals surface area (Å²) in [5, 5.41) is 0.902. The van der Waals surface area contributed by atoms with Crippen LogP contribution in [-0.2, 0) is 6.54 Å². The van der Waals surface area contributed by atoms with Crippen LogP contribution in [0.4, 0.5) is 4.39 Å². The van der Waals surface area contributed by atoms with Gasteiger partial charge in [-0.3, -0.25) is 0 Å². The zero-order valence-electron chi connectivity index (χ0n) is 7.60. The fourth-order valence-electron chi connectivity index (χ4n) is 1.46. The number of nitrogens with two attached hydrogens (primary N) is 1. The highest BCUT2D eigenvalue weighted by Gasteiger charge is 2.11. The number of hydrogen-bond acceptors (Lipinski definition) is 2. The van der Waals surface area contributed by atoms with Gasteiger partial charge in [-0.15, -0.1) is 0 Å². The summed E-state index contributed by atoms with van der Waals surface area (Å²) >= 11 is 3.13. The highest BCUT2D eigenvalue weighted by molar-refractivity contribution is 9.10. The van der Waals surface area contributed by atoms with E-state index >= 15 is 0 Å². The molecule has 1 aromatic carbocycles. The summed E-state index contributed by atoms with van der Waals surface area (Å²) in [5.41, 5.74) is 7.01. The number of furan rings is 1. The number of hydrogen-bond donors (Lipinski definition) is 1. The van der Waals surface area contributed by atoms with Gasteiger partial charge in [0, 0.05) is 11.5 Å². The Hall–Kier alpha value is -0.870. The highest BCUT2D eigenvalue weighted by atomic mass is 79.9. The van der Waals surface area contributed by atoms with Gasteiger partial charge < -0.3 is 10.2 Å². The monoisotopic (exact) mass is 257 g/mol. The molecule has 0 unspecified atom stereocenters. The molecule has 1 heterocycles. The molecule has 2 rings (SSSR count). The third-order valence-corrected chi connectivity index (χ3v) is 2.87. The smallest absolute Gasteiger partial charge is 0.141 e. The first-order valence-corrected chi connectivity index (χ1v) is 5.00. The second kappa shape index (κ2) is 3.37. The molecule has 74 valence electrons. The number of benzene rings is 1. The molecule has 0 aliphatic rings. The lowest BCUT2D eigenvalue weighted by atomic mass is 10.1. The van der Waals surface area contributed by atoms with Gasteiger partial charge >= 0.3 is 0 Å². The summed E-state index contributed by atoms with van der Waals surface area (Å²) in [6, 6.07) is 3.08. The van der Waals surface area contributed by atoms with Crippen LogP contribution in [0, 0.1) is 12.7 Å². The van der Waals surface area contributed by atoms with Gasteiger partial charge in [-0.2, -0.15) is 0 Å². The fraction of sp³-hybridized carbons (Fsp3) is 0.200. The Bertz CT molecular complexity index is 492. The van der Waals surface area contributed by atoms with Crippen molar-refractivity contribution in [2.45, 2.75) is 13.5 Å². The van der Waals surface area contributed by atoms with E-state index in [2.05, 4.69) is 15.9 Å². The van der Waals surface area contributed by atoms with Gasteiger partial charge in [0.2, 0.25) is 0 Å². The van der Waals surface area contributed by atoms with Gasteiger partial charge in [0.1, 0.15) is 17.2 Å².